The first kappa shape index (κ1) is 42.5. The average Bonchev–Trinajstić information content (AvgIpc) is 3.01. The minimum atomic E-state index is -0.792. The van der Waals surface area contributed by atoms with Crippen molar-refractivity contribution < 1.29 is 38.1 Å². The summed E-state index contributed by atoms with van der Waals surface area (Å²) in [5.74, 6) is -0.1000. The number of piperidine rings is 2. The number of rotatable bonds is 10. The molecule has 0 aromatic rings. The highest BCUT2D eigenvalue weighted by atomic mass is 16.6. The Morgan fingerprint density at radius 3 is 1.96 bits per heavy atom. The van der Waals surface area contributed by atoms with Crippen LogP contribution in [0.4, 0.5) is 9.59 Å². The summed E-state index contributed by atoms with van der Waals surface area (Å²) in [5, 5.41) is 6.29. The zero-order valence-corrected chi connectivity index (χ0v) is 32.9. The minimum absolute atomic E-state index is 0.00663. The van der Waals surface area contributed by atoms with Crippen LogP contribution >= 0.6 is 0 Å². The maximum Gasteiger partial charge on any atom is 0.437 e. The Balaban J connectivity index is 1.57. The SMILES string of the molecule is CC(C)(C)OC(=O)CC[C@H](NC1CCCCC1)C(=O)N1CCCCC1CCOC1CCN(C(=NC(=O)OC(C)(C)C)NC(=O)OC(C)(C)C)CC1. The Labute approximate surface area is 306 Å². The lowest BCUT2D eigenvalue weighted by molar-refractivity contribution is -0.155. The van der Waals surface area contributed by atoms with Gasteiger partial charge >= 0.3 is 18.2 Å². The second kappa shape index (κ2) is 19.2. The molecule has 13 nitrogen and oxygen atoms in total. The highest BCUT2D eigenvalue weighted by Gasteiger charge is 2.34. The molecule has 0 radical (unpaired) electrons. The predicted octanol–water partition coefficient (Wildman–Crippen LogP) is 6.47. The fraction of sp³-hybridized carbons (Fsp3) is 0.868. The Bertz CT molecular complexity index is 1170. The van der Waals surface area contributed by atoms with Crippen LogP contribution in [0.25, 0.3) is 0 Å². The van der Waals surface area contributed by atoms with Gasteiger partial charge in [-0.05, 0) is 120 Å². The van der Waals surface area contributed by atoms with Crippen molar-refractivity contribution in [3.05, 3.63) is 0 Å². The van der Waals surface area contributed by atoms with Crippen molar-refractivity contribution in [3.63, 3.8) is 0 Å². The summed E-state index contributed by atoms with van der Waals surface area (Å²) < 4.78 is 22.7. The maximum atomic E-state index is 14.1. The second-order valence-electron chi connectivity index (χ2n) is 17.2. The summed E-state index contributed by atoms with van der Waals surface area (Å²) in [4.78, 5) is 59.9. The standard InChI is InChI=1S/C38H67N5O8/c1-36(2,3)49-31(44)19-18-30(39-27-15-11-10-12-16-27)32(45)43-23-14-13-17-28(43)22-26-48-29-20-24-42(25-21-29)33(40-34(46)50-37(4,5)6)41-35(47)51-38(7,8)9/h27-30,39H,10-26H2,1-9H3,(H,40,41,46,47)/t28?,30-/m0/s1. The van der Waals surface area contributed by atoms with Gasteiger partial charge in [-0.2, -0.15) is 0 Å². The molecular formula is C38H67N5O8. The Morgan fingerprint density at radius 1 is 0.745 bits per heavy atom. The van der Waals surface area contributed by atoms with E-state index >= 15 is 0 Å². The third-order valence-electron chi connectivity index (χ3n) is 9.06. The maximum absolute atomic E-state index is 14.1. The molecule has 0 bridgehead atoms. The first-order valence-electron chi connectivity index (χ1n) is 19.2. The third kappa shape index (κ3) is 16.5. The lowest BCUT2D eigenvalue weighted by Crippen LogP contribution is -2.54. The number of likely N-dealkylation sites (tertiary alicyclic amines) is 2. The molecule has 1 saturated carbocycles. The van der Waals surface area contributed by atoms with E-state index in [9.17, 15) is 19.2 Å². The molecule has 0 spiro atoms. The first-order chi connectivity index (χ1) is 23.8. The number of hydrogen-bond acceptors (Lipinski definition) is 9. The highest BCUT2D eigenvalue weighted by Crippen LogP contribution is 2.25. The van der Waals surface area contributed by atoms with E-state index in [4.69, 9.17) is 18.9 Å². The van der Waals surface area contributed by atoms with Gasteiger partial charge in [-0.3, -0.25) is 14.9 Å². The van der Waals surface area contributed by atoms with E-state index in [1.165, 1.54) is 6.42 Å². The molecule has 0 aromatic heterocycles. The second-order valence-corrected chi connectivity index (χ2v) is 17.2. The fourth-order valence-corrected chi connectivity index (χ4v) is 6.83. The summed E-state index contributed by atoms with van der Waals surface area (Å²) in [7, 11) is 0. The monoisotopic (exact) mass is 721 g/mol. The molecule has 3 amide bonds. The predicted molar refractivity (Wildman–Crippen MR) is 196 cm³/mol. The van der Waals surface area contributed by atoms with Crippen LogP contribution in [-0.2, 0) is 28.5 Å². The smallest absolute Gasteiger partial charge is 0.437 e. The Morgan fingerprint density at radius 2 is 1.35 bits per heavy atom. The van der Waals surface area contributed by atoms with Gasteiger partial charge in [-0.1, -0.05) is 19.3 Å². The van der Waals surface area contributed by atoms with Gasteiger partial charge in [0.1, 0.15) is 16.8 Å². The number of nitrogens with zero attached hydrogens (tertiary/aromatic N) is 3. The van der Waals surface area contributed by atoms with Crippen molar-refractivity contribution in [1.29, 1.82) is 0 Å². The summed E-state index contributed by atoms with van der Waals surface area (Å²) in [6, 6.07) is -0.0517. The van der Waals surface area contributed by atoms with Crippen molar-refractivity contribution in [2.75, 3.05) is 26.2 Å². The van der Waals surface area contributed by atoms with E-state index < -0.39 is 35.0 Å². The number of alkyl carbamates (subject to hydrolysis) is 1. The van der Waals surface area contributed by atoms with Crippen LogP contribution in [0.3, 0.4) is 0 Å². The number of aliphatic imine (C=N–C) groups is 1. The Kier molecular flexibility index (Phi) is 16.0. The van der Waals surface area contributed by atoms with Crippen LogP contribution in [0.5, 0.6) is 0 Å². The molecule has 3 fully saturated rings. The molecule has 0 aromatic carbocycles. The summed E-state index contributed by atoms with van der Waals surface area (Å²) in [6.07, 6.45) is 9.82. The van der Waals surface area contributed by atoms with Gasteiger partial charge in [0, 0.05) is 44.7 Å². The molecule has 2 atom stereocenters. The molecule has 2 heterocycles. The number of guanidine groups is 1. The van der Waals surface area contributed by atoms with E-state index in [1.807, 2.05) is 30.6 Å². The molecule has 1 unspecified atom stereocenters. The lowest BCUT2D eigenvalue weighted by atomic mass is 9.93. The summed E-state index contributed by atoms with van der Waals surface area (Å²) in [5.41, 5.74) is -2.01. The zero-order valence-electron chi connectivity index (χ0n) is 32.9. The van der Waals surface area contributed by atoms with Crippen LogP contribution in [0, 0.1) is 0 Å². The minimum Gasteiger partial charge on any atom is -0.460 e. The largest absolute Gasteiger partial charge is 0.460 e. The van der Waals surface area contributed by atoms with Crippen molar-refractivity contribution in [2.45, 2.75) is 187 Å². The van der Waals surface area contributed by atoms with Gasteiger partial charge in [0.25, 0.3) is 0 Å². The number of carbonyl (C=O) groups is 4. The van der Waals surface area contributed by atoms with Crippen molar-refractivity contribution in [1.82, 2.24) is 20.4 Å². The molecule has 51 heavy (non-hydrogen) atoms. The van der Waals surface area contributed by atoms with Crippen LogP contribution in [-0.4, -0.2) is 107 Å². The van der Waals surface area contributed by atoms with E-state index in [-0.39, 0.29) is 42.4 Å². The number of esters is 1. The molecule has 2 aliphatic heterocycles. The summed E-state index contributed by atoms with van der Waals surface area (Å²) in [6.45, 7) is 18.4. The topological polar surface area (TPSA) is 148 Å². The van der Waals surface area contributed by atoms with Crippen molar-refractivity contribution in [3.8, 4) is 0 Å². The quantitative estimate of drug-likeness (QED) is 0.111. The average molecular weight is 722 g/mol. The van der Waals surface area contributed by atoms with Crippen LogP contribution < -0.4 is 10.6 Å². The zero-order chi connectivity index (χ0) is 37.8. The molecule has 2 saturated heterocycles. The van der Waals surface area contributed by atoms with Gasteiger partial charge < -0.3 is 34.1 Å². The van der Waals surface area contributed by atoms with Gasteiger partial charge in [-0.25, -0.2) is 9.59 Å². The van der Waals surface area contributed by atoms with Gasteiger partial charge in [0.05, 0.1) is 12.1 Å². The van der Waals surface area contributed by atoms with E-state index in [0.717, 1.165) is 51.4 Å². The van der Waals surface area contributed by atoms with Crippen LogP contribution in [0.2, 0.25) is 0 Å². The molecule has 13 heteroatoms. The number of hydrogen-bond donors (Lipinski definition) is 2. The molecule has 3 rings (SSSR count). The van der Waals surface area contributed by atoms with Crippen LogP contribution in [0.1, 0.15) is 146 Å². The van der Waals surface area contributed by atoms with Gasteiger partial charge in [0.15, 0.2) is 0 Å². The fourth-order valence-electron chi connectivity index (χ4n) is 6.83. The van der Waals surface area contributed by atoms with Gasteiger partial charge in [-0.15, -0.1) is 4.99 Å². The molecule has 3 aliphatic rings. The molecule has 1 aliphatic carbocycles. The van der Waals surface area contributed by atoms with Crippen LogP contribution in [0.15, 0.2) is 4.99 Å². The van der Waals surface area contributed by atoms with Gasteiger partial charge in [0.2, 0.25) is 11.9 Å². The van der Waals surface area contributed by atoms with E-state index in [0.29, 0.717) is 45.5 Å². The molecule has 292 valence electrons. The number of amides is 3. The number of nitrogens with one attached hydrogen (secondary N) is 2. The van der Waals surface area contributed by atoms with E-state index in [2.05, 4.69) is 15.6 Å². The van der Waals surface area contributed by atoms with Crippen molar-refractivity contribution >= 4 is 30.0 Å². The van der Waals surface area contributed by atoms with Crippen molar-refractivity contribution in [2.24, 2.45) is 4.99 Å². The number of ether oxygens (including phenoxy) is 4. The number of carbonyl (C=O) groups excluding carboxylic acids is 4. The lowest BCUT2D eigenvalue weighted by Gasteiger charge is -2.39. The molecular weight excluding hydrogens is 654 g/mol. The normalized spacial score (nSPS) is 20.8. The first-order valence-corrected chi connectivity index (χ1v) is 19.2. The Hall–Kier alpha value is -2.93. The summed E-state index contributed by atoms with van der Waals surface area (Å²) >= 11 is 0. The third-order valence-corrected chi connectivity index (χ3v) is 9.06. The molecule has 2 N–H and O–H groups in total. The highest BCUT2D eigenvalue weighted by molar-refractivity contribution is 5.99. The van der Waals surface area contributed by atoms with E-state index in [1.54, 1.807) is 41.5 Å².